The molecular formula is C18H20O7. The van der Waals surface area contributed by atoms with Crippen molar-refractivity contribution in [3.8, 4) is 11.5 Å². The van der Waals surface area contributed by atoms with Gasteiger partial charge in [0, 0.05) is 0 Å². The summed E-state index contributed by atoms with van der Waals surface area (Å²) in [7, 11) is 2.78. The molecule has 2 rings (SSSR count). The lowest BCUT2D eigenvalue weighted by molar-refractivity contribution is 0.0443. The zero-order chi connectivity index (χ0) is 18.4. The maximum absolute atomic E-state index is 12.2. The summed E-state index contributed by atoms with van der Waals surface area (Å²) >= 11 is 0. The van der Waals surface area contributed by atoms with E-state index in [-0.39, 0.29) is 6.61 Å². The largest absolute Gasteiger partial charge is 0.493 e. The quantitative estimate of drug-likeness (QED) is 0.711. The predicted molar refractivity (Wildman–Crippen MR) is 88.1 cm³/mol. The van der Waals surface area contributed by atoms with Gasteiger partial charge in [-0.05, 0) is 38.1 Å². The maximum atomic E-state index is 12.2. The lowest BCUT2D eigenvalue weighted by Gasteiger charge is -2.10. The van der Waals surface area contributed by atoms with Crippen molar-refractivity contribution in [3.05, 3.63) is 46.9 Å². The van der Waals surface area contributed by atoms with Gasteiger partial charge in [-0.2, -0.15) is 0 Å². The van der Waals surface area contributed by atoms with Gasteiger partial charge in [-0.3, -0.25) is 0 Å². The summed E-state index contributed by atoms with van der Waals surface area (Å²) in [6, 6.07) is 6.27. The Bertz CT molecular complexity index is 761. The minimum Gasteiger partial charge on any atom is -0.493 e. The van der Waals surface area contributed by atoms with Gasteiger partial charge in [-0.1, -0.05) is 0 Å². The first-order valence-electron chi connectivity index (χ1n) is 7.65. The molecule has 7 nitrogen and oxygen atoms in total. The minimum atomic E-state index is -0.546. The Labute approximate surface area is 145 Å². The van der Waals surface area contributed by atoms with Gasteiger partial charge in [-0.15, -0.1) is 0 Å². The number of hydrogen-bond donors (Lipinski definition) is 0. The number of hydrogen-bond acceptors (Lipinski definition) is 7. The summed E-state index contributed by atoms with van der Waals surface area (Å²) in [5, 5.41) is 0. The molecule has 134 valence electrons. The van der Waals surface area contributed by atoms with Crippen LogP contribution in [0.5, 0.6) is 11.5 Å². The smallest absolute Gasteiger partial charge is 0.341 e. The molecule has 0 N–H and O–H groups in total. The highest BCUT2D eigenvalue weighted by Gasteiger charge is 2.17. The highest BCUT2D eigenvalue weighted by Crippen LogP contribution is 2.28. The molecule has 0 aliphatic carbocycles. The van der Waals surface area contributed by atoms with Crippen LogP contribution in [0.3, 0.4) is 0 Å². The van der Waals surface area contributed by atoms with Gasteiger partial charge >= 0.3 is 11.9 Å². The van der Waals surface area contributed by atoms with Crippen LogP contribution in [0.2, 0.25) is 0 Å². The molecular weight excluding hydrogens is 328 g/mol. The van der Waals surface area contributed by atoms with E-state index < -0.39 is 11.9 Å². The van der Waals surface area contributed by atoms with Crippen molar-refractivity contribution in [1.29, 1.82) is 0 Å². The van der Waals surface area contributed by atoms with Crippen LogP contribution in [0.15, 0.2) is 28.7 Å². The van der Waals surface area contributed by atoms with Crippen molar-refractivity contribution >= 4 is 11.9 Å². The summed E-state index contributed by atoms with van der Waals surface area (Å²) in [6.07, 6.45) is 0. The van der Waals surface area contributed by atoms with Crippen LogP contribution in [0, 0.1) is 6.92 Å². The minimum absolute atomic E-state index is 0.105. The summed E-state index contributed by atoms with van der Waals surface area (Å²) in [6.45, 7) is 3.87. The molecule has 0 unspecified atom stereocenters. The van der Waals surface area contributed by atoms with Crippen molar-refractivity contribution in [2.24, 2.45) is 0 Å². The second kappa shape index (κ2) is 8.23. The molecule has 0 saturated heterocycles. The van der Waals surface area contributed by atoms with Gasteiger partial charge in [0.05, 0.1) is 26.4 Å². The summed E-state index contributed by atoms with van der Waals surface area (Å²) < 4.78 is 25.9. The Morgan fingerprint density at radius 3 is 2.48 bits per heavy atom. The Morgan fingerprint density at radius 2 is 1.84 bits per heavy atom. The summed E-state index contributed by atoms with van der Waals surface area (Å²) in [4.78, 5) is 23.7. The van der Waals surface area contributed by atoms with Crippen LogP contribution in [-0.2, 0) is 16.1 Å². The third-order valence-electron chi connectivity index (χ3n) is 3.42. The molecule has 0 atom stereocenters. The number of aryl methyl sites for hydroxylation is 1. The van der Waals surface area contributed by atoms with Crippen LogP contribution in [-0.4, -0.2) is 32.8 Å². The lowest BCUT2D eigenvalue weighted by atomic mass is 10.2. The number of carbonyl (C=O) groups excluding carboxylic acids is 2. The Kier molecular flexibility index (Phi) is 6.05. The molecule has 0 radical (unpaired) electrons. The Balaban J connectivity index is 2.06. The van der Waals surface area contributed by atoms with Gasteiger partial charge in [-0.25, -0.2) is 9.59 Å². The fourth-order valence-electron chi connectivity index (χ4n) is 2.22. The van der Waals surface area contributed by atoms with Crippen LogP contribution in [0.1, 0.15) is 39.2 Å². The number of carbonyl (C=O) groups is 2. The van der Waals surface area contributed by atoms with Crippen LogP contribution < -0.4 is 9.47 Å². The van der Waals surface area contributed by atoms with Crippen molar-refractivity contribution in [1.82, 2.24) is 0 Å². The molecule has 25 heavy (non-hydrogen) atoms. The van der Waals surface area contributed by atoms with E-state index >= 15 is 0 Å². The van der Waals surface area contributed by atoms with E-state index in [1.165, 1.54) is 20.3 Å². The monoisotopic (exact) mass is 348 g/mol. The Morgan fingerprint density at radius 1 is 1.08 bits per heavy atom. The van der Waals surface area contributed by atoms with Crippen molar-refractivity contribution < 1.29 is 33.0 Å². The highest BCUT2D eigenvalue weighted by atomic mass is 16.5. The maximum Gasteiger partial charge on any atom is 0.341 e. The molecule has 2 aromatic rings. The molecule has 0 amide bonds. The number of furan rings is 1. The van der Waals surface area contributed by atoms with Crippen molar-refractivity contribution in [3.63, 3.8) is 0 Å². The van der Waals surface area contributed by atoms with Crippen molar-refractivity contribution in [2.45, 2.75) is 20.5 Å². The van der Waals surface area contributed by atoms with E-state index in [9.17, 15) is 9.59 Å². The van der Waals surface area contributed by atoms with E-state index in [0.29, 0.717) is 40.8 Å². The number of methoxy groups -OCH3 is 2. The SMILES string of the molecule is CCOc1ccc(C(=O)OCc2cc(C(=O)OC)c(C)o2)cc1OC. The van der Waals surface area contributed by atoms with Crippen LogP contribution in [0.25, 0.3) is 0 Å². The van der Waals surface area contributed by atoms with E-state index in [4.69, 9.17) is 18.6 Å². The fourth-order valence-corrected chi connectivity index (χ4v) is 2.22. The third-order valence-corrected chi connectivity index (χ3v) is 3.42. The zero-order valence-corrected chi connectivity index (χ0v) is 14.6. The number of ether oxygens (including phenoxy) is 4. The third kappa shape index (κ3) is 4.32. The zero-order valence-electron chi connectivity index (χ0n) is 14.6. The van der Waals surface area contributed by atoms with Gasteiger partial charge in [0.2, 0.25) is 0 Å². The first-order chi connectivity index (χ1) is 12.0. The topological polar surface area (TPSA) is 84.2 Å². The van der Waals surface area contributed by atoms with Crippen molar-refractivity contribution in [2.75, 3.05) is 20.8 Å². The number of rotatable bonds is 7. The first-order valence-corrected chi connectivity index (χ1v) is 7.65. The molecule has 0 aliphatic rings. The van der Waals surface area contributed by atoms with Gasteiger partial charge in [0.1, 0.15) is 23.7 Å². The first kappa shape index (κ1) is 18.4. The molecule has 1 aromatic carbocycles. The number of benzene rings is 1. The van der Waals surface area contributed by atoms with Gasteiger partial charge in [0.15, 0.2) is 11.5 Å². The molecule has 0 fully saturated rings. The lowest BCUT2D eigenvalue weighted by Crippen LogP contribution is -2.06. The molecule has 0 aliphatic heterocycles. The van der Waals surface area contributed by atoms with Gasteiger partial charge < -0.3 is 23.4 Å². The number of esters is 2. The summed E-state index contributed by atoms with van der Waals surface area (Å²) in [5.41, 5.74) is 0.619. The van der Waals surface area contributed by atoms with Gasteiger partial charge in [0.25, 0.3) is 0 Å². The van der Waals surface area contributed by atoms with Crippen LogP contribution in [0.4, 0.5) is 0 Å². The standard InChI is InChI=1S/C18H20O7/c1-5-23-15-7-6-12(8-16(15)21-3)17(19)24-10-13-9-14(11(2)25-13)18(20)22-4/h6-9H,5,10H2,1-4H3. The van der Waals surface area contributed by atoms with E-state index in [1.54, 1.807) is 25.1 Å². The molecule has 1 aromatic heterocycles. The molecule has 7 heteroatoms. The normalized spacial score (nSPS) is 10.2. The van der Waals surface area contributed by atoms with E-state index in [2.05, 4.69) is 4.74 Å². The second-order valence-electron chi connectivity index (χ2n) is 5.05. The molecule has 0 saturated carbocycles. The molecule has 1 heterocycles. The second-order valence-corrected chi connectivity index (χ2v) is 5.05. The highest BCUT2D eigenvalue weighted by molar-refractivity contribution is 5.91. The fraction of sp³-hybridized carbons (Fsp3) is 0.333. The van der Waals surface area contributed by atoms with Crippen LogP contribution >= 0.6 is 0 Å². The Hall–Kier alpha value is -2.96. The van der Waals surface area contributed by atoms with E-state index in [1.807, 2.05) is 6.92 Å². The summed E-state index contributed by atoms with van der Waals surface area (Å²) in [5.74, 6) is 0.693. The van der Waals surface area contributed by atoms with E-state index in [0.717, 1.165) is 0 Å². The molecule has 0 bridgehead atoms. The average molecular weight is 348 g/mol. The molecule has 0 spiro atoms. The predicted octanol–water partition coefficient (Wildman–Crippen LogP) is 3.14. The average Bonchev–Trinajstić information content (AvgIpc) is 3.00.